The topological polar surface area (TPSA) is 47.6 Å². The van der Waals surface area contributed by atoms with Gasteiger partial charge < -0.3 is 15.5 Å². The van der Waals surface area contributed by atoms with Crippen molar-refractivity contribution in [3.63, 3.8) is 0 Å². The van der Waals surface area contributed by atoms with Gasteiger partial charge in [0, 0.05) is 37.6 Å². The summed E-state index contributed by atoms with van der Waals surface area (Å²) < 4.78 is 13.5. The summed E-state index contributed by atoms with van der Waals surface area (Å²) in [6.07, 6.45) is 1.09. The third-order valence-electron chi connectivity index (χ3n) is 4.91. The number of hydrogen-bond acceptors (Lipinski definition) is 4. The summed E-state index contributed by atoms with van der Waals surface area (Å²) >= 11 is 1.83. The zero-order valence-corrected chi connectivity index (χ0v) is 16.7. The van der Waals surface area contributed by atoms with Crippen molar-refractivity contribution in [1.29, 1.82) is 0 Å². The lowest BCUT2D eigenvalue weighted by atomic mass is 10.1. The first-order chi connectivity index (χ1) is 13.0. The van der Waals surface area contributed by atoms with Gasteiger partial charge in [0.25, 0.3) is 0 Å². The Hall–Kier alpha value is -1.96. The molecule has 2 aromatic rings. The molecule has 1 aromatic heterocycles. The molecule has 0 bridgehead atoms. The van der Waals surface area contributed by atoms with Gasteiger partial charge in [0.2, 0.25) is 0 Å². The van der Waals surface area contributed by atoms with Crippen LogP contribution in [0, 0.1) is 5.82 Å². The van der Waals surface area contributed by atoms with Crippen LogP contribution in [-0.2, 0) is 13.0 Å². The molecule has 3 rings (SSSR count). The van der Waals surface area contributed by atoms with E-state index >= 15 is 0 Å². The molecule has 0 fully saturated rings. The Kier molecular flexibility index (Phi) is 6.82. The molecule has 1 aromatic carbocycles. The Balaban J connectivity index is 1.41. The van der Waals surface area contributed by atoms with Crippen molar-refractivity contribution in [3.8, 4) is 0 Å². The minimum Gasteiger partial charge on any atom is -0.337 e. The highest BCUT2D eigenvalue weighted by molar-refractivity contribution is 7.10. The quantitative estimate of drug-likeness (QED) is 0.764. The van der Waals surface area contributed by atoms with Crippen molar-refractivity contribution in [2.75, 3.05) is 40.3 Å². The average Bonchev–Trinajstić information content (AvgIpc) is 3.09. The molecule has 27 heavy (non-hydrogen) atoms. The summed E-state index contributed by atoms with van der Waals surface area (Å²) in [5.74, 6) is -0.265. The van der Waals surface area contributed by atoms with Crippen molar-refractivity contribution in [3.05, 3.63) is 57.5 Å². The van der Waals surface area contributed by atoms with E-state index in [0.29, 0.717) is 13.1 Å². The van der Waals surface area contributed by atoms with Gasteiger partial charge in [0.15, 0.2) is 0 Å². The molecule has 2 heterocycles. The normalized spacial score (nSPS) is 15.4. The first-order valence-corrected chi connectivity index (χ1v) is 10.1. The average molecular weight is 391 g/mol. The molecule has 2 amide bonds. The molecule has 0 saturated heterocycles. The van der Waals surface area contributed by atoms with Gasteiger partial charge in [-0.2, -0.15) is 0 Å². The van der Waals surface area contributed by atoms with E-state index in [9.17, 15) is 9.18 Å². The molecule has 1 atom stereocenters. The minimum atomic E-state index is -0.265. The molecule has 0 spiro atoms. The number of urea groups is 1. The van der Waals surface area contributed by atoms with Crippen LogP contribution in [-0.4, -0.2) is 56.1 Å². The number of carbonyl (C=O) groups is 1. The highest BCUT2D eigenvalue weighted by Crippen LogP contribution is 2.23. The maximum absolute atomic E-state index is 13.5. The minimum absolute atomic E-state index is 0.0782. The lowest BCUT2D eigenvalue weighted by molar-refractivity contribution is 0.225. The van der Waals surface area contributed by atoms with Gasteiger partial charge in [-0.3, -0.25) is 4.90 Å². The fourth-order valence-corrected chi connectivity index (χ4v) is 4.28. The lowest BCUT2D eigenvalue weighted by Gasteiger charge is -2.27. The predicted octanol–water partition coefficient (Wildman–Crippen LogP) is 2.85. The van der Waals surface area contributed by atoms with Crippen LogP contribution >= 0.6 is 11.3 Å². The van der Waals surface area contributed by atoms with Gasteiger partial charge in [-0.1, -0.05) is 12.1 Å². The van der Waals surface area contributed by atoms with E-state index in [1.807, 2.05) is 36.4 Å². The van der Waals surface area contributed by atoms with Crippen LogP contribution in [0.4, 0.5) is 9.18 Å². The molecular formula is C20H27FN4OS. The molecule has 1 unspecified atom stereocenters. The Morgan fingerprint density at radius 3 is 2.96 bits per heavy atom. The first kappa shape index (κ1) is 19.8. The molecular weight excluding hydrogens is 363 g/mol. The third-order valence-corrected chi connectivity index (χ3v) is 5.94. The summed E-state index contributed by atoms with van der Waals surface area (Å²) in [4.78, 5) is 18.0. The van der Waals surface area contributed by atoms with Gasteiger partial charge in [0.1, 0.15) is 5.82 Å². The monoisotopic (exact) mass is 390 g/mol. The summed E-state index contributed by atoms with van der Waals surface area (Å²) in [6, 6.07) is 8.44. The molecule has 0 radical (unpaired) electrons. The first-order valence-electron chi connectivity index (χ1n) is 9.24. The SMILES string of the molecule is CN(C)C(CNC(=O)NCCN1CCc2sccc2C1)c1cccc(F)c1. The van der Waals surface area contributed by atoms with Gasteiger partial charge in [-0.25, -0.2) is 9.18 Å². The van der Waals surface area contributed by atoms with E-state index in [-0.39, 0.29) is 17.9 Å². The van der Waals surface area contributed by atoms with Crippen molar-refractivity contribution >= 4 is 17.4 Å². The molecule has 2 N–H and O–H groups in total. The van der Waals surface area contributed by atoms with Crippen molar-refractivity contribution in [1.82, 2.24) is 20.4 Å². The number of amides is 2. The zero-order valence-electron chi connectivity index (χ0n) is 15.9. The van der Waals surface area contributed by atoms with Gasteiger partial charge >= 0.3 is 6.03 Å². The predicted molar refractivity (Wildman–Crippen MR) is 108 cm³/mol. The van der Waals surface area contributed by atoms with Crippen LogP contribution < -0.4 is 10.6 Å². The molecule has 146 valence electrons. The van der Waals surface area contributed by atoms with E-state index in [1.165, 1.54) is 22.6 Å². The van der Waals surface area contributed by atoms with Crippen LogP contribution in [0.15, 0.2) is 35.7 Å². The van der Waals surface area contributed by atoms with E-state index in [1.54, 1.807) is 6.07 Å². The molecule has 0 aliphatic carbocycles. The van der Waals surface area contributed by atoms with E-state index in [0.717, 1.165) is 31.6 Å². The number of hydrogen-bond donors (Lipinski definition) is 2. The molecule has 1 aliphatic rings. The summed E-state index contributed by atoms with van der Waals surface area (Å²) in [6.45, 7) is 3.87. The van der Waals surface area contributed by atoms with E-state index in [4.69, 9.17) is 0 Å². The highest BCUT2D eigenvalue weighted by Gasteiger charge is 2.18. The number of likely N-dealkylation sites (N-methyl/N-ethyl adjacent to an activating group) is 1. The fourth-order valence-electron chi connectivity index (χ4n) is 3.39. The lowest BCUT2D eigenvalue weighted by Crippen LogP contribution is -2.43. The third kappa shape index (κ3) is 5.51. The fraction of sp³-hybridized carbons (Fsp3) is 0.450. The number of halogens is 1. The number of fused-ring (bicyclic) bond motifs is 1. The number of carbonyl (C=O) groups excluding carboxylic acids is 1. The maximum Gasteiger partial charge on any atom is 0.314 e. The zero-order chi connectivity index (χ0) is 19.2. The molecule has 7 heteroatoms. The van der Waals surface area contributed by atoms with Crippen LogP contribution in [0.2, 0.25) is 0 Å². The highest BCUT2D eigenvalue weighted by atomic mass is 32.1. The van der Waals surface area contributed by atoms with Gasteiger partial charge in [-0.15, -0.1) is 11.3 Å². The molecule has 5 nitrogen and oxygen atoms in total. The van der Waals surface area contributed by atoms with Crippen molar-refractivity contribution in [2.24, 2.45) is 0 Å². The van der Waals surface area contributed by atoms with Gasteiger partial charge in [-0.05, 0) is 55.2 Å². The number of nitrogens with zero attached hydrogens (tertiary/aromatic N) is 2. The number of thiophene rings is 1. The second-order valence-corrected chi connectivity index (χ2v) is 8.07. The van der Waals surface area contributed by atoms with Gasteiger partial charge in [0.05, 0.1) is 6.04 Å². The van der Waals surface area contributed by atoms with Crippen LogP contribution in [0.1, 0.15) is 22.0 Å². The largest absolute Gasteiger partial charge is 0.337 e. The Bertz CT molecular complexity index is 764. The molecule has 1 aliphatic heterocycles. The van der Waals surface area contributed by atoms with Crippen LogP contribution in [0.5, 0.6) is 0 Å². The van der Waals surface area contributed by atoms with Crippen LogP contribution in [0.25, 0.3) is 0 Å². The number of benzene rings is 1. The molecule has 0 saturated carbocycles. The summed E-state index contributed by atoms with van der Waals surface area (Å²) in [5.41, 5.74) is 2.26. The second-order valence-electron chi connectivity index (χ2n) is 7.07. The maximum atomic E-state index is 13.5. The van der Waals surface area contributed by atoms with E-state index < -0.39 is 0 Å². The smallest absolute Gasteiger partial charge is 0.314 e. The second kappa shape index (κ2) is 9.30. The Labute approximate surface area is 164 Å². The number of nitrogens with one attached hydrogen (secondary N) is 2. The number of rotatable bonds is 7. The van der Waals surface area contributed by atoms with Crippen molar-refractivity contribution < 1.29 is 9.18 Å². The standard InChI is InChI=1S/C20H27FN4OS/c1-24(2)18(15-4-3-5-17(21)12-15)13-23-20(26)22-8-10-25-9-6-19-16(14-25)7-11-27-19/h3-5,7,11-12,18H,6,8-10,13-14H2,1-2H3,(H2,22,23,26). The Morgan fingerprint density at radius 2 is 2.19 bits per heavy atom. The summed E-state index contributed by atoms with van der Waals surface area (Å²) in [5, 5.41) is 7.98. The van der Waals surface area contributed by atoms with Crippen LogP contribution in [0.3, 0.4) is 0 Å². The van der Waals surface area contributed by atoms with E-state index in [2.05, 4.69) is 27.0 Å². The summed E-state index contributed by atoms with van der Waals surface area (Å²) in [7, 11) is 3.84. The Morgan fingerprint density at radius 1 is 1.33 bits per heavy atom. The van der Waals surface area contributed by atoms with Crippen molar-refractivity contribution in [2.45, 2.75) is 19.0 Å².